The van der Waals surface area contributed by atoms with Crippen molar-refractivity contribution in [1.29, 1.82) is 0 Å². The molecule has 1 unspecified atom stereocenters. The van der Waals surface area contributed by atoms with Crippen LogP contribution in [0, 0.1) is 11.7 Å². The van der Waals surface area contributed by atoms with E-state index in [9.17, 15) is 23.9 Å². The molecule has 0 radical (unpaired) electrons. The molecule has 5 nitrogen and oxygen atoms in total. The molecule has 0 aromatic heterocycles. The molecule has 1 aromatic carbocycles. The zero-order chi connectivity index (χ0) is 17.0. The number of carboxylic acid groups (broad SMARTS) is 1. The number of hydrogen-bond donors (Lipinski definition) is 1. The summed E-state index contributed by atoms with van der Waals surface area (Å²) in [5.41, 5.74) is 0.272. The summed E-state index contributed by atoms with van der Waals surface area (Å²) in [5.74, 6) is -1.46. The minimum atomic E-state index is -1.15. The number of nitrogens with zero attached hydrogens (tertiary/aromatic N) is 1. The van der Waals surface area contributed by atoms with E-state index >= 15 is 0 Å². The summed E-state index contributed by atoms with van der Waals surface area (Å²) in [6, 6.07) is 4.87. The maximum atomic E-state index is 13.7. The first-order valence-electron chi connectivity index (χ1n) is 7.27. The van der Waals surface area contributed by atoms with Crippen LogP contribution in [0.2, 0.25) is 0 Å². The Kier molecular flexibility index (Phi) is 5.76. The van der Waals surface area contributed by atoms with E-state index < -0.39 is 17.8 Å². The molecule has 0 bridgehead atoms. The molecule has 1 N–H and O–H groups in total. The van der Waals surface area contributed by atoms with Gasteiger partial charge in [0.2, 0.25) is 5.91 Å². The molecule has 7 heteroatoms. The molecule has 2 rings (SSSR count). The summed E-state index contributed by atoms with van der Waals surface area (Å²) in [4.78, 5) is 36.0. The molecule has 1 aliphatic heterocycles. The summed E-state index contributed by atoms with van der Waals surface area (Å²) in [5, 5.41) is 9.40. The Bertz CT molecular complexity index is 622. The number of carbonyl (C=O) groups excluding carboxylic acids is 2. The van der Waals surface area contributed by atoms with Crippen molar-refractivity contribution in [3.05, 3.63) is 35.6 Å². The molecule has 1 heterocycles. The first-order valence-corrected chi connectivity index (χ1v) is 8.26. The van der Waals surface area contributed by atoms with Gasteiger partial charge in [0.15, 0.2) is 5.12 Å². The van der Waals surface area contributed by atoms with Crippen LogP contribution >= 0.6 is 11.8 Å². The first kappa shape index (κ1) is 17.5. The van der Waals surface area contributed by atoms with E-state index in [2.05, 4.69) is 0 Å². The van der Waals surface area contributed by atoms with Gasteiger partial charge in [-0.05, 0) is 17.5 Å². The molecule has 23 heavy (non-hydrogen) atoms. The van der Waals surface area contributed by atoms with Crippen molar-refractivity contribution in [2.24, 2.45) is 5.92 Å². The largest absolute Gasteiger partial charge is 0.480 e. The summed E-state index contributed by atoms with van der Waals surface area (Å²) in [7, 11) is 0. The molecule has 1 fully saturated rings. The zero-order valence-corrected chi connectivity index (χ0v) is 13.5. The fourth-order valence-corrected chi connectivity index (χ4v) is 3.35. The molecule has 2 atom stereocenters. The van der Waals surface area contributed by atoms with Crippen LogP contribution in [-0.2, 0) is 20.8 Å². The summed E-state index contributed by atoms with van der Waals surface area (Å²) in [6.07, 6.45) is 0.154. The summed E-state index contributed by atoms with van der Waals surface area (Å²) < 4.78 is 13.7. The third kappa shape index (κ3) is 4.54. The molecule has 0 saturated carbocycles. The van der Waals surface area contributed by atoms with Crippen LogP contribution in [0.5, 0.6) is 0 Å². The fraction of sp³-hybridized carbons (Fsp3) is 0.438. The van der Waals surface area contributed by atoms with E-state index in [0.717, 1.165) is 11.8 Å². The third-order valence-corrected chi connectivity index (χ3v) is 4.84. The van der Waals surface area contributed by atoms with Crippen molar-refractivity contribution in [2.75, 3.05) is 12.3 Å². The molecule has 1 aliphatic rings. The Morgan fingerprint density at radius 1 is 1.43 bits per heavy atom. The second kappa shape index (κ2) is 7.59. The lowest BCUT2D eigenvalue weighted by atomic mass is 10.0. The van der Waals surface area contributed by atoms with Gasteiger partial charge in [0.25, 0.3) is 0 Å². The van der Waals surface area contributed by atoms with Crippen molar-refractivity contribution in [3.8, 4) is 0 Å². The fourth-order valence-electron chi connectivity index (χ4n) is 2.66. The Morgan fingerprint density at radius 3 is 2.74 bits per heavy atom. The van der Waals surface area contributed by atoms with Gasteiger partial charge >= 0.3 is 5.97 Å². The monoisotopic (exact) mass is 339 g/mol. The quantitative estimate of drug-likeness (QED) is 0.857. The van der Waals surface area contributed by atoms with E-state index in [1.54, 1.807) is 6.07 Å². The number of carbonyl (C=O) groups is 3. The maximum absolute atomic E-state index is 13.7. The number of amides is 1. The zero-order valence-electron chi connectivity index (χ0n) is 12.7. The topological polar surface area (TPSA) is 74.7 Å². The van der Waals surface area contributed by atoms with Crippen LogP contribution in [0.25, 0.3) is 0 Å². The number of hydrogen-bond acceptors (Lipinski definition) is 4. The van der Waals surface area contributed by atoms with Gasteiger partial charge < -0.3 is 10.0 Å². The number of carboxylic acids is 1. The predicted molar refractivity (Wildman–Crippen MR) is 84.5 cm³/mol. The maximum Gasteiger partial charge on any atom is 0.326 e. The number of aliphatic carboxylic acids is 1. The van der Waals surface area contributed by atoms with Crippen LogP contribution in [0.3, 0.4) is 0 Å². The van der Waals surface area contributed by atoms with Gasteiger partial charge in [-0.3, -0.25) is 9.59 Å². The van der Waals surface area contributed by atoms with Gasteiger partial charge in [0.05, 0.1) is 0 Å². The van der Waals surface area contributed by atoms with Crippen molar-refractivity contribution >= 4 is 28.8 Å². The van der Waals surface area contributed by atoms with Crippen molar-refractivity contribution < 1.29 is 23.9 Å². The number of benzene rings is 1. The van der Waals surface area contributed by atoms with Crippen molar-refractivity contribution in [2.45, 2.75) is 25.8 Å². The van der Waals surface area contributed by atoms with Crippen LogP contribution in [0.1, 0.15) is 18.9 Å². The Hall–Kier alpha value is -1.89. The minimum Gasteiger partial charge on any atom is -0.480 e. The average molecular weight is 339 g/mol. The lowest BCUT2D eigenvalue weighted by Gasteiger charge is -2.25. The Morgan fingerprint density at radius 2 is 2.13 bits per heavy atom. The second-order valence-corrected chi connectivity index (χ2v) is 6.77. The Balaban J connectivity index is 2.09. The lowest BCUT2D eigenvalue weighted by molar-refractivity contribution is -0.148. The van der Waals surface area contributed by atoms with Crippen LogP contribution in [0.4, 0.5) is 4.39 Å². The number of halogens is 1. The highest BCUT2D eigenvalue weighted by Gasteiger charge is 2.38. The summed E-state index contributed by atoms with van der Waals surface area (Å²) >= 11 is 1.13. The minimum absolute atomic E-state index is 0.0305. The predicted octanol–water partition coefficient (Wildman–Crippen LogP) is 1.95. The number of likely N-dealkylation sites (tertiary alicyclic amines) is 1. The van der Waals surface area contributed by atoms with Crippen LogP contribution in [0.15, 0.2) is 24.3 Å². The highest BCUT2D eigenvalue weighted by molar-refractivity contribution is 8.13. The molecule has 124 valence electrons. The molecule has 0 aliphatic carbocycles. The summed E-state index contributed by atoms with van der Waals surface area (Å²) in [6.45, 7) is 1.74. The van der Waals surface area contributed by atoms with Crippen LogP contribution < -0.4 is 0 Å². The smallest absolute Gasteiger partial charge is 0.326 e. The number of rotatable bonds is 6. The second-order valence-electron chi connectivity index (χ2n) is 5.57. The van der Waals surface area contributed by atoms with Gasteiger partial charge in [0.1, 0.15) is 11.9 Å². The van der Waals surface area contributed by atoms with Gasteiger partial charge in [0, 0.05) is 32.1 Å². The highest BCUT2D eigenvalue weighted by Crippen LogP contribution is 2.26. The normalized spacial score (nSPS) is 19.0. The third-order valence-electron chi connectivity index (χ3n) is 3.79. The van der Waals surface area contributed by atoms with Gasteiger partial charge in [-0.2, -0.15) is 0 Å². The van der Waals surface area contributed by atoms with Gasteiger partial charge in [-0.15, -0.1) is 0 Å². The lowest BCUT2D eigenvalue weighted by Crippen LogP contribution is -2.44. The van der Waals surface area contributed by atoms with Crippen LogP contribution in [-0.4, -0.2) is 45.3 Å². The molecule has 1 aromatic rings. The van der Waals surface area contributed by atoms with E-state index in [4.69, 9.17) is 0 Å². The van der Waals surface area contributed by atoms with E-state index in [-0.39, 0.29) is 41.9 Å². The molecule has 0 spiro atoms. The van der Waals surface area contributed by atoms with Crippen molar-refractivity contribution in [1.82, 2.24) is 4.90 Å². The van der Waals surface area contributed by atoms with Gasteiger partial charge in [-0.25, -0.2) is 9.18 Å². The Labute approximate surface area is 137 Å². The van der Waals surface area contributed by atoms with E-state index in [0.29, 0.717) is 5.75 Å². The van der Waals surface area contributed by atoms with Crippen molar-refractivity contribution in [3.63, 3.8) is 0 Å². The van der Waals surface area contributed by atoms with Gasteiger partial charge in [-0.1, -0.05) is 30.0 Å². The molecular weight excluding hydrogens is 321 g/mol. The highest BCUT2D eigenvalue weighted by atomic mass is 32.2. The average Bonchev–Trinajstić information content (AvgIpc) is 2.85. The SMILES string of the molecule is CC(=O)SCC1CC(=O)N([C@H](Cc2ccccc2F)C(=O)O)C1. The number of thioether (sulfide) groups is 1. The standard InChI is InChI=1S/C16H18FNO4S/c1-10(19)23-9-11-6-15(20)18(8-11)14(16(21)22)7-12-4-2-3-5-13(12)17/h2-5,11,14H,6-9H2,1H3,(H,21,22)/t11?,14-/m1/s1. The van der Waals surface area contributed by atoms with E-state index in [1.807, 2.05) is 0 Å². The van der Waals surface area contributed by atoms with E-state index in [1.165, 1.54) is 30.0 Å². The first-order chi connectivity index (χ1) is 10.9. The molecule has 1 amide bonds. The molecular formula is C16H18FNO4S. The molecule has 1 saturated heterocycles.